The van der Waals surface area contributed by atoms with Crippen LogP contribution in [-0.4, -0.2) is 48.7 Å². The van der Waals surface area contributed by atoms with Gasteiger partial charge in [-0.25, -0.2) is 4.79 Å². The van der Waals surface area contributed by atoms with Gasteiger partial charge in [0.1, 0.15) is 5.75 Å². The summed E-state index contributed by atoms with van der Waals surface area (Å²) in [5, 5.41) is 20.8. The van der Waals surface area contributed by atoms with Gasteiger partial charge >= 0.3 is 5.97 Å². The van der Waals surface area contributed by atoms with Crippen LogP contribution in [0.2, 0.25) is 0 Å². The molecule has 3 aromatic heterocycles. The maximum Gasteiger partial charge on any atom is 0.345 e. The van der Waals surface area contributed by atoms with Crippen LogP contribution in [0.4, 0.5) is 0 Å². The Labute approximate surface area is 202 Å². The van der Waals surface area contributed by atoms with Crippen molar-refractivity contribution in [2.75, 3.05) is 13.1 Å². The second kappa shape index (κ2) is 9.03. The van der Waals surface area contributed by atoms with Crippen molar-refractivity contribution in [2.45, 2.75) is 32.2 Å². The highest BCUT2D eigenvalue weighted by molar-refractivity contribution is 5.92. The monoisotopic (exact) mass is 472 g/mol. The highest BCUT2D eigenvalue weighted by Crippen LogP contribution is 2.33. The van der Waals surface area contributed by atoms with E-state index in [-0.39, 0.29) is 0 Å². The molecule has 1 saturated heterocycles. The van der Waals surface area contributed by atoms with E-state index in [1.807, 2.05) is 43.5 Å². The van der Waals surface area contributed by atoms with Crippen LogP contribution in [0, 0.1) is 0 Å². The zero-order chi connectivity index (χ0) is 24.7. The quantitative estimate of drug-likeness (QED) is 0.393. The number of benzene rings is 1. The maximum atomic E-state index is 12.4. The van der Waals surface area contributed by atoms with Gasteiger partial charge in [-0.15, -0.1) is 0 Å². The van der Waals surface area contributed by atoms with Crippen LogP contribution in [0.1, 0.15) is 46.6 Å². The molecule has 8 heteroatoms. The summed E-state index contributed by atoms with van der Waals surface area (Å²) in [5.41, 5.74) is 3.56. The Morgan fingerprint density at radius 1 is 1.23 bits per heavy atom. The van der Waals surface area contributed by atoms with Gasteiger partial charge in [0, 0.05) is 60.1 Å². The first-order chi connectivity index (χ1) is 16.9. The molecule has 0 radical (unpaired) electrons. The number of aromatic nitrogens is 3. The largest absolute Gasteiger partial charge is 0.506 e. The summed E-state index contributed by atoms with van der Waals surface area (Å²) in [7, 11) is 2.05. The van der Waals surface area contributed by atoms with Crippen LogP contribution >= 0.6 is 0 Å². The Morgan fingerprint density at radius 2 is 2.06 bits per heavy atom. The van der Waals surface area contributed by atoms with Gasteiger partial charge in [0.15, 0.2) is 5.56 Å². The molecule has 8 nitrogen and oxygen atoms in total. The first-order valence-electron chi connectivity index (χ1n) is 11.8. The van der Waals surface area contributed by atoms with Crippen molar-refractivity contribution in [1.82, 2.24) is 19.4 Å². The Hall–Kier alpha value is -3.91. The van der Waals surface area contributed by atoms with E-state index >= 15 is 0 Å². The topological polar surface area (TPSA) is 111 Å². The van der Waals surface area contributed by atoms with Crippen molar-refractivity contribution in [2.24, 2.45) is 7.05 Å². The van der Waals surface area contributed by atoms with Gasteiger partial charge in [-0.2, -0.15) is 0 Å². The molecule has 1 aliphatic heterocycles. The Morgan fingerprint density at radius 3 is 2.77 bits per heavy atom. The Bertz CT molecular complexity index is 1470. The van der Waals surface area contributed by atoms with Crippen molar-refractivity contribution in [3.05, 3.63) is 81.5 Å². The number of pyridine rings is 2. The number of H-pyrrole nitrogens is 1. The van der Waals surface area contributed by atoms with E-state index < -0.39 is 22.8 Å². The molecule has 0 bridgehead atoms. The molecule has 4 aromatic rings. The fourth-order valence-electron chi connectivity index (χ4n) is 5.20. The van der Waals surface area contributed by atoms with Gasteiger partial charge < -0.3 is 19.8 Å². The van der Waals surface area contributed by atoms with Gasteiger partial charge in [-0.1, -0.05) is 19.1 Å². The number of aromatic amines is 1. The van der Waals surface area contributed by atoms with E-state index in [2.05, 4.69) is 38.6 Å². The van der Waals surface area contributed by atoms with Crippen LogP contribution in [0.15, 0.2) is 53.5 Å². The second-order valence-corrected chi connectivity index (χ2v) is 9.13. The number of likely N-dealkylation sites (tertiary alicyclic amines) is 1. The first kappa shape index (κ1) is 22.9. The smallest absolute Gasteiger partial charge is 0.345 e. The van der Waals surface area contributed by atoms with Crippen molar-refractivity contribution in [3.8, 4) is 17.0 Å². The molecule has 1 unspecified atom stereocenters. The highest BCUT2D eigenvalue weighted by atomic mass is 16.4. The molecular formula is C27H28N4O4. The zero-order valence-corrected chi connectivity index (χ0v) is 19.8. The van der Waals surface area contributed by atoms with Crippen LogP contribution < -0.4 is 5.56 Å². The number of carboxylic acids is 1. The third-order valence-corrected chi connectivity index (χ3v) is 7.05. The fraction of sp³-hybridized carbons (Fsp3) is 0.296. The first-order valence-corrected chi connectivity index (χ1v) is 11.8. The second-order valence-electron chi connectivity index (χ2n) is 9.13. The van der Waals surface area contributed by atoms with E-state index in [4.69, 9.17) is 0 Å². The number of fused-ring (bicyclic) bond motifs is 1. The minimum Gasteiger partial charge on any atom is -0.506 e. The summed E-state index contributed by atoms with van der Waals surface area (Å²) in [6, 6.07) is 14.1. The van der Waals surface area contributed by atoms with E-state index in [1.165, 1.54) is 5.69 Å². The summed E-state index contributed by atoms with van der Waals surface area (Å²) >= 11 is 0. The van der Waals surface area contributed by atoms with Crippen LogP contribution in [0.3, 0.4) is 0 Å². The van der Waals surface area contributed by atoms with Gasteiger partial charge in [0.05, 0.1) is 5.69 Å². The molecule has 5 rings (SSSR count). The lowest BCUT2D eigenvalue weighted by molar-refractivity contribution is 0.0691. The number of hydrogen-bond donors (Lipinski definition) is 3. The van der Waals surface area contributed by atoms with Crippen molar-refractivity contribution in [3.63, 3.8) is 0 Å². The number of hydrogen-bond acceptors (Lipinski definition) is 5. The number of aromatic hydroxyl groups is 1. The lowest BCUT2D eigenvalue weighted by atomic mass is 9.99. The maximum absolute atomic E-state index is 12.4. The number of nitrogens with one attached hydrogen (secondary N) is 1. The Balaban J connectivity index is 1.45. The number of carbonyl (C=O) groups is 1. The van der Waals surface area contributed by atoms with Gasteiger partial charge in [-0.05, 0) is 55.3 Å². The average molecular weight is 473 g/mol. The van der Waals surface area contributed by atoms with Crippen molar-refractivity contribution in [1.29, 1.82) is 0 Å². The number of rotatable bonds is 6. The molecule has 0 aliphatic carbocycles. The minimum absolute atomic E-state index is 0.378. The number of aromatic carboxylic acids is 1. The van der Waals surface area contributed by atoms with Crippen molar-refractivity contribution >= 4 is 16.9 Å². The standard InChI is InChI=1S/C27H28N4O4/c1-3-20-24(29-26(33)23(25(20)32)27(34)35)16-7-8-22-18(12-16)13-19(30(22)2)15-31-11-9-17(14-31)21-6-4-5-10-28-21/h4-8,10,12-13,17H,3,9,11,14-15H2,1-2H3,(H,34,35)(H2,29,32,33). The summed E-state index contributed by atoms with van der Waals surface area (Å²) in [6.07, 6.45) is 3.32. The summed E-state index contributed by atoms with van der Waals surface area (Å²) in [6.45, 7) is 4.63. The molecule has 1 aromatic carbocycles. The summed E-state index contributed by atoms with van der Waals surface area (Å²) in [4.78, 5) is 33.5. The molecule has 0 spiro atoms. The van der Waals surface area contributed by atoms with E-state index in [1.54, 1.807) is 0 Å². The predicted octanol–water partition coefficient (Wildman–Crippen LogP) is 3.88. The zero-order valence-electron chi connectivity index (χ0n) is 19.8. The molecule has 35 heavy (non-hydrogen) atoms. The van der Waals surface area contributed by atoms with Gasteiger partial charge in [0.25, 0.3) is 5.56 Å². The van der Waals surface area contributed by atoms with Gasteiger partial charge in [0.2, 0.25) is 0 Å². The molecule has 4 heterocycles. The van der Waals surface area contributed by atoms with Gasteiger partial charge in [-0.3, -0.25) is 14.7 Å². The Kier molecular flexibility index (Phi) is 5.90. The van der Waals surface area contributed by atoms with Crippen LogP contribution in [0.25, 0.3) is 22.2 Å². The number of aryl methyl sites for hydroxylation is 1. The molecule has 3 N–H and O–H groups in total. The normalized spacial score (nSPS) is 16.2. The van der Waals surface area contributed by atoms with E-state index in [9.17, 15) is 19.8 Å². The molecular weight excluding hydrogens is 444 g/mol. The van der Waals surface area contributed by atoms with Crippen LogP contribution in [-0.2, 0) is 20.0 Å². The summed E-state index contributed by atoms with van der Waals surface area (Å²) < 4.78 is 2.18. The molecule has 0 amide bonds. The molecule has 180 valence electrons. The van der Waals surface area contributed by atoms with Crippen molar-refractivity contribution < 1.29 is 15.0 Å². The van der Waals surface area contributed by atoms with E-state index in [0.717, 1.165) is 48.2 Å². The lowest BCUT2D eigenvalue weighted by Crippen LogP contribution is -2.21. The molecule has 0 saturated carbocycles. The molecule has 1 aliphatic rings. The molecule has 1 atom stereocenters. The lowest BCUT2D eigenvalue weighted by Gasteiger charge is -2.16. The third kappa shape index (κ3) is 4.10. The third-order valence-electron chi connectivity index (χ3n) is 7.05. The summed E-state index contributed by atoms with van der Waals surface area (Å²) in [5.74, 6) is -1.47. The average Bonchev–Trinajstić information content (AvgIpc) is 3.43. The minimum atomic E-state index is -1.44. The SMILES string of the molecule is CCc1c(-c2ccc3c(c2)cc(CN2CCC(c4ccccn4)C2)n3C)[nH]c(=O)c(C(=O)O)c1O. The predicted molar refractivity (Wildman–Crippen MR) is 134 cm³/mol. The number of nitrogens with zero attached hydrogens (tertiary/aromatic N) is 3. The van der Waals surface area contributed by atoms with E-state index in [0.29, 0.717) is 23.6 Å². The van der Waals surface area contributed by atoms with Crippen LogP contribution in [0.5, 0.6) is 5.75 Å². The number of carboxylic acid groups (broad SMARTS) is 1. The molecule has 1 fully saturated rings. The highest BCUT2D eigenvalue weighted by Gasteiger charge is 2.26. The fourth-order valence-corrected chi connectivity index (χ4v) is 5.20.